The monoisotopic (exact) mass is 603 g/mol. The number of halogens is 1. The number of rotatable bonds is 5. The maximum absolute atomic E-state index is 12.4. The Morgan fingerprint density at radius 2 is 1.58 bits per heavy atom. The van der Waals surface area contributed by atoms with Gasteiger partial charge in [0.15, 0.2) is 5.17 Å². The first-order valence-electron chi connectivity index (χ1n) is 10.9. The van der Waals surface area contributed by atoms with Gasteiger partial charge in [0.25, 0.3) is 11.5 Å². The van der Waals surface area contributed by atoms with E-state index in [0.29, 0.717) is 21.5 Å². The standard InChI is InChI=1S/C27H18IN5O2S/c28-21-10-6-18(7-11-21)16-24-26(35)30-27(36-24)31-29-17-19-8-12-22(13-9-19)33-25(34)15-14-23(32-33)20-4-2-1-3-5-20/h1-17H,(H,30,31,35)/b24-16-,29-17-. The molecule has 0 bridgehead atoms. The van der Waals surface area contributed by atoms with E-state index < -0.39 is 0 Å². The zero-order valence-corrected chi connectivity index (χ0v) is 21.7. The maximum Gasteiger partial charge on any atom is 0.271 e. The fraction of sp³-hybridized carbons (Fsp3) is 0. The summed E-state index contributed by atoms with van der Waals surface area (Å²) in [5.74, 6) is -0.201. The molecule has 1 aliphatic heterocycles. The third-order valence-electron chi connectivity index (χ3n) is 5.18. The van der Waals surface area contributed by atoms with Gasteiger partial charge >= 0.3 is 0 Å². The van der Waals surface area contributed by atoms with Gasteiger partial charge in [-0.05, 0) is 81.9 Å². The van der Waals surface area contributed by atoms with E-state index in [2.05, 4.69) is 43.2 Å². The largest absolute Gasteiger partial charge is 0.299 e. The SMILES string of the molecule is O=C1NC(=N/N=C\c2ccc(-n3nc(-c4ccccc4)ccc3=O)cc2)S/C1=C\c1ccc(I)cc1. The van der Waals surface area contributed by atoms with Crippen LogP contribution in [-0.2, 0) is 4.79 Å². The van der Waals surface area contributed by atoms with E-state index in [1.54, 1.807) is 24.4 Å². The molecule has 0 aliphatic carbocycles. The summed E-state index contributed by atoms with van der Waals surface area (Å²) in [6.45, 7) is 0. The zero-order valence-electron chi connectivity index (χ0n) is 18.7. The fourth-order valence-electron chi connectivity index (χ4n) is 3.39. The first-order chi connectivity index (χ1) is 17.5. The summed E-state index contributed by atoms with van der Waals surface area (Å²) in [5.41, 5.74) is 3.81. The molecule has 7 nitrogen and oxygen atoms in total. The highest BCUT2D eigenvalue weighted by Crippen LogP contribution is 2.26. The van der Waals surface area contributed by atoms with Crippen molar-refractivity contribution >= 4 is 57.7 Å². The number of carbonyl (C=O) groups is 1. The number of hydrogen-bond donors (Lipinski definition) is 1. The molecule has 4 aromatic rings. The van der Waals surface area contributed by atoms with Crippen LogP contribution in [0.3, 0.4) is 0 Å². The lowest BCUT2D eigenvalue weighted by Gasteiger charge is -2.07. The quantitative estimate of drug-likeness (QED) is 0.149. The normalized spacial score (nSPS) is 15.6. The highest BCUT2D eigenvalue weighted by molar-refractivity contribution is 14.1. The van der Waals surface area contributed by atoms with Crippen molar-refractivity contribution in [3.63, 3.8) is 0 Å². The van der Waals surface area contributed by atoms with Crippen molar-refractivity contribution in [2.75, 3.05) is 0 Å². The van der Waals surface area contributed by atoms with Gasteiger partial charge < -0.3 is 0 Å². The van der Waals surface area contributed by atoms with Gasteiger partial charge in [-0.1, -0.05) is 54.6 Å². The first-order valence-corrected chi connectivity index (χ1v) is 12.8. The molecule has 5 rings (SSSR count). The minimum atomic E-state index is -0.217. The number of amides is 1. The van der Waals surface area contributed by atoms with Crippen LogP contribution < -0.4 is 10.9 Å². The third kappa shape index (κ3) is 5.69. The van der Waals surface area contributed by atoms with Crippen LogP contribution in [0.5, 0.6) is 0 Å². The number of carbonyl (C=O) groups excluding carboxylic acids is 1. The number of hydrogen-bond acceptors (Lipinski definition) is 6. The Labute approximate surface area is 224 Å². The van der Waals surface area contributed by atoms with Gasteiger partial charge in [-0.15, -0.1) is 5.10 Å². The lowest BCUT2D eigenvalue weighted by atomic mass is 10.1. The van der Waals surface area contributed by atoms with Gasteiger partial charge in [0.05, 0.1) is 22.5 Å². The summed E-state index contributed by atoms with van der Waals surface area (Å²) in [5, 5.41) is 15.9. The van der Waals surface area contributed by atoms with E-state index in [1.807, 2.05) is 72.8 Å². The lowest BCUT2D eigenvalue weighted by Crippen LogP contribution is -2.20. The number of thioether (sulfide) groups is 1. The summed E-state index contributed by atoms with van der Waals surface area (Å²) < 4.78 is 2.50. The molecule has 36 heavy (non-hydrogen) atoms. The molecule has 0 spiro atoms. The average molecular weight is 603 g/mol. The van der Waals surface area contributed by atoms with Gasteiger partial charge in [-0.2, -0.15) is 14.9 Å². The number of aromatic nitrogens is 2. The first kappa shape index (κ1) is 23.9. The Balaban J connectivity index is 1.28. The molecule has 0 atom stereocenters. The number of amidine groups is 1. The van der Waals surface area contributed by atoms with Gasteiger partial charge in [-0.25, -0.2) is 0 Å². The molecule has 1 amide bonds. The summed E-state index contributed by atoms with van der Waals surface area (Å²) in [4.78, 5) is 25.2. The maximum atomic E-state index is 12.4. The Kier molecular flexibility index (Phi) is 7.19. The molecule has 1 saturated heterocycles. The fourth-order valence-corrected chi connectivity index (χ4v) is 4.53. The second-order valence-corrected chi connectivity index (χ2v) is 9.97. The van der Waals surface area contributed by atoms with E-state index in [-0.39, 0.29) is 11.5 Å². The van der Waals surface area contributed by atoms with Crippen LogP contribution in [0.2, 0.25) is 0 Å². The minimum absolute atomic E-state index is 0.201. The van der Waals surface area contributed by atoms with E-state index >= 15 is 0 Å². The topological polar surface area (TPSA) is 88.7 Å². The minimum Gasteiger partial charge on any atom is -0.299 e. The second-order valence-electron chi connectivity index (χ2n) is 7.69. The highest BCUT2D eigenvalue weighted by Gasteiger charge is 2.23. The number of nitrogens with one attached hydrogen (secondary N) is 1. The summed E-state index contributed by atoms with van der Waals surface area (Å²) >= 11 is 3.48. The second kappa shape index (κ2) is 10.8. The molecule has 2 heterocycles. The van der Waals surface area contributed by atoms with Crippen molar-refractivity contribution in [3.05, 3.63) is 121 Å². The Bertz CT molecular complexity index is 1560. The van der Waals surface area contributed by atoms with Crippen LogP contribution in [0, 0.1) is 3.57 Å². The molecule has 0 radical (unpaired) electrons. The zero-order chi connectivity index (χ0) is 24.9. The summed E-state index contributed by atoms with van der Waals surface area (Å²) in [6, 6.07) is 28.1. The average Bonchev–Trinajstić information content (AvgIpc) is 3.25. The number of benzene rings is 3. The van der Waals surface area contributed by atoms with Gasteiger partial charge in [0.2, 0.25) is 0 Å². The van der Waals surface area contributed by atoms with Gasteiger partial charge in [0.1, 0.15) is 0 Å². The molecule has 0 unspecified atom stereocenters. The molecule has 1 aliphatic rings. The van der Waals surface area contributed by atoms with Crippen LogP contribution in [-0.4, -0.2) is 27.1 Å². The van der Waals surface area contributed by atoms with E-state index in [1.165, 1.54) is 22.5 Å². The molecule has 1 N–H and O–H groups in total. The predicted molar refractivity (Wildman–Crippen MR) is 153 cm³/mol. The summed E-state index contributed by atoms with van der Waals surface area (Å²) in [7, 11) is 0. The molecule has 9 heteroatoms. The molecule has 0 saturated carbocycles. The molecule has 1 fully saturated rings. The van der Waals surface area contributed by atoms with Crippen molar-refractivity contribution in [1.82, 2.24) is 15.1 Å². The smallest absolute Gasteiger partial charge is 0.271 e. The van der Waals surface area contributed by atoms with Crippen LogP contribution in [0.4, 0.5) is 0 Å². The Morgan fingerprint density at radius 3 is 2.33 bits per heavy atom. The lowest BCUT2D eigenvalue weighted by molar-refractivity contribution is -0.115. The third-order valence-corrected chi connectivity index (χ3v) is 6.80. The van der Waals surface area contributed by atoms with E-state index in [9.17, 15) is 9.59 Å². The molecule has 1 aromatic heterocycles. The van der Waals surface area contributed by atoms with E-state index in [0.717, 1.165) is 20.3 Å². The highest BCUT2D eigenvalue weighted by atomic mass is 127. The van der Waals surface area contributed by atoms with Crippen LogP contribution in [0.25, 0.3) is 23.0 Å². The van der Waals surface area contributed by atoms with Gasteiger partial charge in [0, 0.05) is 15.2 Å². The van der Waals surface area contributed by atoms with Crippen molar-refractivity contribution < 1.29 is 4.79 Å². The molecular weight excluding hydrogens is 585 g/mol. The summed E-state index contributed by atoms with van der Waals surface area (Å²) in [6.07, 6.45) is 3.41. The van der Waals surface area contributed by atoms with Crippen molar-refractivity contribution in [2.45, 2.75) is 0 Å². The Hall–Kier alpha value is -3.83. The molecular formula is C27H18IN5O2S. The van der Waals surface area contributed by atoms with Crippen LogP contribution in [0.1, 0.15) is 11.1 Å². The van der Waals surface area contributed by atoms with Crippen molar-refractivity contribution in [3.8, 4) is 16.9 Å². The Morgan fingerprint density at radius 1 is 0.861 bits per heavy atom. The van der Waals surface area contributed by atoms with Gasteiger partial charge in [-0.3, -0.25) is 14.9 Å². The predicted octanol–water partition coefficient (Wildman–Crippen LogP) is 5.10. The van der Waals surface area contributed by atoms with Crippen molar-refractivity contribution in [2.24, 2.45) is 10.2 Å². The van der Waals surface area contributed by atoms with Crippen LogP contribution in [0.15, 0.2) is 111 Å². The number of nitrogens with zero attached hydrogens (tertiary/aromatic N) is 4. The molecule has 3 aromatic carbocycles. The molecule has 176 valence electrons. The van der Waals surface area contributed by atoms with E-state index in [4.69, 9.17) is 0 Å². The van der Waals surface area contributed by atoms with Crippen LogP contribution >= 0.6 is 34.4 Å². The van der Waals surface area contributed by atoms with Crippen molar-refractivity contribution in [1.29, 1.82) is 0 Å².